The van der Waals surface area contributed by atoms with E-state index in [1.807, 2.05) is 0 Å². The number of aryl methyl sites for hydroxylation is 3. The SMILES string of the molecule is Cc1ccc(O)c(OP(=O)(Oc2cc(C)ccc2O)c2cc(C)ccc2O)c1. The van der Waals surface area contributed by atoms with Gasteiger partial charge in [0.25, 0.3) is 0 Å². The van der Waals surface area contributed by atoms with Crippen molar-refractivity contribution >= 4 is 12.9 Å². The minimum absolute atomic E-state index is 0.0589. The largest absolute Gasteiger partial charge is 0.507 e. The summed E-state index contributed by atoms with van der Waals surface area (Å²) >= 11 is 0. The van der Waals surface area contributed by atoms with E-state index in [0.717, 1.165) is 16.7 Å². The maximum absolute atomic E-state index is 13.8. The molecule has 0 radical (unpaired) electrons. The van der Waals surface area contributed by atoms with Gasteiger partial charge < -0.3 is 24.4 Å². The first-order chi connectivity index (χ1) is 13.2. The average Bonchev–Trinajstić information content (AvgIpc) is 2.63. The molecule has 7 heteroatoms. The van der Waals surface area contributed by atoms with Crippen molar-refractivity contribution in [3.8, 4) is 28.7 Å². The van der Waals surface area contributed by atoms with Gasteiger partial charge in [0.15, 0.2) is 23.0 Å². The molecule has 0 saturated heterocycles. The molecule has 0 aliphatic carbocycles. The van der Waals surface area contributed by atoms with Gasteiger partial charge in [0.05, 0.1) is 0 Å². The Morgan fingerprint density at radius 1 is 0.643 bits per heavy atom. The highest BCUT2D eigenvalue weighted by Crippen LogP contribution is 2.53. The average molecular weight is 400 g/mol. The first kappa shape index (κ1) is 19.6. The van der Waals surface area contributed by atoms with Crippen LogP contribution in [0.4, 0.5) is 0 Å². The molecule has 3 N–H and O–H groups in total. The number of phenolic OH excluding ortho intramolecular Hbond substituents is 3. The Labute approximate surface area is 163 Å². The molecule has 0 heterocycles. The van der Waals surface area contributed by atoms with Crippen LogP contribution in [0.3, 0.4) is 0 Å². The first-order valence-electron chi connectivity index (χ1n) is 8.56. The molecule has 0 fully saturated rings. The summed E-state index contributed by atoms with van der Waals surface area (Å²) in [5.41, 5.74) is 2.26. The summed E-state index contributed by atoms with van der Waals surface area (Å²) in [5.74, 6) is -0.856. The summed E-state index contributed by atoms with van der Waals surface area (Å²) in [6.07, 6.45) is 0. The lowest BCUT2D eigenvalue weighted by molar-refractivity contribution is 0.367. The number of aromatic hydroxyl groups is 3. The zero-order valence-electron chi connectivity index (χ0n) is 15.7. The molecule has 0 amide bonds. The molecule has 146 valence electrons. The van der Waals surface area contributed by atoms with E-state index in [9.17, 15) is 19.9 Å². The van der Waals surface area contributed by atoms with E-state index in [1.165, 1.54) is 36.4 Å². The molecule has 0 spiro atoms. The van der Waals surface area contributed by atoms with Crippen LogP contribution in [0.2, 0.25) is 0 Å². The van der Waals surface area contributed by atoms with Crippen LogP contribution in [0.1, 0.15) is 16.7 Å². The van der Waals surface area contributed by atoms with Gasteiger partial charge in [-0.2, -0.15) is 0 Å². The predicted octanol–water partition coefficient (Wildman–Crippen LogP) is 4.71. The standard InChI is InChI=1S/C21H21O6P/c1-13-4-7-16(22)19(10-13)26-28(25,21-12-15(3)6-9-18(21)24)27-20-11-14(2)5-8-17(20)23/h4-12,22-24H,1-3H3. The van der Waals surface area contributed by atoms with E-state index >= 15 is 0 Å². The Morgan fingerprint density at radius 3 is 1.50 bits per heavy atom. The number of benzene rings is 3. The summed E-state index contributed by atoms with van der Waals surface area (Å²) in [5, 5.41) is 30.5. The van der Waals surface area contributed by atoms with Crippen molar-refractivity contribution in [2.45, 2.75) is 20.8 Å². The van der Waals surface area contributed by atoms with Crippen LogP contribution in [0, 0.1) is 20.8 Å². The summed E-state index contributed by atoms with van der Waals surface area (Å²) in [7, 11) is -4.24. The Kier molecular flexibility index (Phi) is 5.25. The van der Waals surface area contributed by atoms with Gasteiger partial charge in [-0.05, 0) is 73.9 Å². The molecular formula is C21H21O6P. The lowest BCUT2D eigenvalue weighted by atomic mass is 10.2. The van der Waals surface area contributed by atoms with E-state index in [1.54, 1.807) is 39.0 Å². The molecule has 0 unspecified atom stereocenters. The van der Waals surface area contributed by atoms with Gasteiger partial charge in [-0.15, -0.1) is 0 Å². The molecule has 3 rings (SSSR count). The van der Waals surface area contributed by atoms with E-state index in [2.05, 4.69) is 0 Å². The van der Waals surface area contributed by atoms with Gasteiger partial charge in [0.1, 0.15) is 11.1 Å². The normalized spacial score (nSPS) is 11.2. The van der Waals surface area contributed by atoms with Crippen molar-refractivity contribution in [1.82, 2.24) is 0 Å². The van der Waals surface area contributed by atoms with Gasteiger partial charge in [-0.3, -0.25) is 0 Å². The number of rotatable bonds is 5. The van der Waals surface area contributed by atoms with Crippen molar-refractivity contribution in [1.29, 1.82) is 0 Å². The van der Waals surface area contributed by atoms with Crippen LogP contribution in [0.15, 0.2) is 54.6 Å². The maximum atomic E-state index is 13.8. The minimum Gasteiger partial charge on any atom is -0.507 e. The van der Waals surface area contributed by atoms with Gasteiger partial charge in [0, 0.05) is 0 Å². The van der Waals surface area contributed by atoms with Crippen LogP contribution in [0.25, 0.3) is 0 Å². The van der Waals surface area contributed by atoms with E-state index in [-0.39, 0.29) is 34.1 Å². The Morgan fingerprint density at radius 2 is 1.04 bits per heavy atom. The Bertz CT molecular complexity index is 1020. The third-order valence-electron chi connectivity index (χ3n) is 4.09. The summed E-state index contributed by atoms with van der Waals surface area (Å²) in [6, 6.07) is 13.7. The van der Waals surface area contributed by atoms with Crippen molar-refractivity contribution in [2.75, 3.05) is 0 Å². The summed E-state index contributed by atoms with van der Waals surface area (Å²) in [4.78, 5) is 0. The van der Waals surface area contributed by atoms with Crippen molar-refractivity contribution in [3.05, 3.63) is 71.3 Å². The van der Waals surface area contributed by atoms with Crippen LogP contribution >= 0.6 is 7.60 Å². The molecule has 6 nitrogen and oxygen atoms in total. The fraction of sp³-hybridized carbons (Fsp3) is 0.143. The Balaban J connectivity index is 2.15. The molecule has 0 aliphatic rings. The highest BCUT2D eigenvalue weighted by molar-refractivity contribution is 7.63. The molecule has 0 bridgehead atoms. The number of hydrogen-bond acceptors (Lipinski definition) is 6. The number of phenols is 3. The molecule has 0 aliphatic heterocycles. The summed E-state index contributed by atoms with van der Waals surface area (Å²) < 4.78 is 25.1. The molecular weight excluding hydrogens is 379 g/mol. The van der Waals surface area contributed by atoms with Crippen molar-refractivity contribution < 1.29 is 28.9 Å². The fourth-order valence-corrected chi connectivity index (χ4v) is 4.38. The monoisotopic (exact) mass is 400 g/mol. The highest BCUT2D eigenvalue weighted by atomic mass is 31.2. The van der Waals surface area contributed by atoms with Crippen LogP contribution < -0.4 is 14.4 Å². The minimum atomic E-state index is -4.24. The smallest absolute Gasteiger partial charge is 0.466 e. The van der Waals surface area contributed by atoms with Crippen molar-refractivity contribution in [3.63, 3.8) is 0 Å². The number of hydrogen-bond donors (Lipinski definition) is 3. The second-order valence-electron chi connectivity index (χ2n) is 6.61. The van der Waals surface area contributed by atoms with Crippen LogP contribution in [0.5, 0.6) is 28.7 Å². The molecule has 0 atom stereocenters. The zero-order valence-corrected chi connectivity index (χ0v) is 16.6. The molecule has 3 aromatic carbocycles. The molecule has 0 saturated carbocycles. The van der Waals surface area contributed by atoms with E-state index < -0.39 is 7.60 Å². The third-order valence-corrected chi connectivity index (χ3v) is 5.92. The Hall–Kier alpha value is -3.11. The first-order valence-corrected chi connectivity index (χ1v) is 10.1. The second-order valence-corrected chi connectivity index (χ2v) is 8.46. The fourth-order valence-electron chi connectivity index (χ4n) is 2.62. The van der Waals surface area contributed by atoms with E-state index in [0.29, 0.717) is 0 Å². The molecule has 28 heavy (non-hydrogen) atoms. The van der Waals surface area contributed by atoms with Crippen LogP contribution in [-0.2, 0) is 4.57 Å². The lowest BCUT2D eigenvalue weighted by Gasteiger charge is -2.22. The zero-order chi connectivity index (χ0) is 20.5. The topological polar surface area (TPSA) is 96.2 Å². The molecule has 0 aromatic heterocycles. The van der Waals surface area contributed by atoms with Crippen molar-refractivity contribution in [2.24, 2.45) is 0 Å². The quantitative estimate of drug-likeness (QED) is 0.537. The second kappa shape index (κ2) is 7.49. The van der Waals surface area contributed by atoms with Gasteiger partial charge in [-0.1, -0.05) is 18.2 Å². The summed E-state index contributed by atoms with van der Waals surface area (Å²) in [6.45, 7) is 5.34. The predicted molar refractivity (Wildman–Crippen MR) is 107 cm³/mol. The molecule has 3 aromatic rings. The van der Waals surface area contributed by atoms with Gasteiger partial charge in [-0.25, -0.2) is 4.57 Å². The van der Waals surface area contributed by atoms with Gasteiger partial charge >= 0.3 is 7.60 Å². The van der Waals surface area contributed by atoms with Gasteiger partial charge in [0.2, 0.25) is 0 Å². The van der Waals surface area contributed by atoms with E-state index in [4.69, 9.17) is 9.05 Å². The third kappa shape index (κ3) is 4.07. The lowest BCUT2D eigenvalue weighted by Crippen LogP contribution is -2.16. The maximum Gasteiger partial charge on any atom is 0.466 e. The highest BCUT2D eigenvalue weighted by Gasteiger charge is 2.36. The van der Waals surface area contributed by atoms with Crippen LogP contribution in [-0.4, -0.2) is 15.3 Å².